The van der Waals surface area contributed by atoms with Crippen LogP contribution in [0.5, 0.6) is 0 Å². The Labute approximate surface area is 228 Å². The summed E-state index contributed by atoms with van der Waals surface area (Å²) in [5, 5.41) is 5.71. The molecule has 3 amide bonds. The average Bonchev–Trinajstić information content (AvgIpc) is 2.83. The summed E-state index contributed by atoms with van der Waals surface area (Å²) in [5.74, 6) is 1.98. The van der Waals surface area contributed by atoms with E-state index >= 15 is 0 Å². The zero-order valence-corrected chi connectivity index (χ0v) is 24.2. The summed E-state index contributed by atoms with van der Waals surface area (Å²) in [6.45, 7) is 11.7. The minimum Gasteiger partial charge on any atom is -0.444 e. The number of benzene rings is 1. The van der Waals surface area contributed by atoms with E-state index in [2.05, 4.69) is 43.0 Å². The normalized spacial score (nSPS) is 13.6. The number of ether oxygens (including phenoxy) is 1. The molecule has 1 aromatic rings. The Kier molecular flexibility index (Phi) is 14.2. The number of amides is 3. The van der Waals surface area contributed by atoms with Crippen LogP contribution in [-0.4, -0.2) is 52.8 Å². The number of nitrogens with one attached hydrogen (secondary N) is 2. The van der Waals surface area contributed by atoms with E-state index in [1.165, 1.54) is 0 Å². The molecule has 0 aliphatic heterocycles. The molecular weight excluding hydrogens is 486 g/mol. The van der Waals surface area contributed by atoms with Crippen molar-refractivity contribution in [2.45, 2.75) is 104 Å². The molecule has 1 rings (SSSR count). The highest BCUT2D eigenvalue weighted by Gasteiger charge is 2.36. The fourth-order valence-corrected chi connectivity index (χ4v) is 4.22. The number of terminal acetylenes is 1. The van der Waals surface area contributed by atoms with E-state index in [4.69, 9.17) is 11.2 Å². The summed E-state index contributed by atoms with van der Waals surface area (Å²) in [6.07, 6.45) is 10.3. The molecule has 1 aromatic carbocycles. The van der Waals surface area contributed by atoms with Crippen LogP contribution in [-0.2, 0) is 14.3 Å². The van der Waals surface area contributed by atoms with Gasteiger partial charge in [0, 0.05) is 23.9 Å². The second kappa shape index (κ2) is 16.2. The minimum atomic E-state index is -0.960. The monoisotopic (exact) mass is 531 g/mol. The smallest absolute Gasteiger partial charge is 0.408 e. The fourth-order valence-electron chi connectivity index (χ4n) is 3.97. The number of hydrogen-bond acceptors (Lipinski definition) is 5. The van der Waals surface area contributed by atoms with E-state index in [-0.39, 0.29) is 23.6 Å². The van der Waals surface area contributed by atoms with Crippen molar-refractivity contribution in [1.82, 2.24) is 15.5 Å². The second-order valence-electron chi connectivity index (χ2n) is 10.3. The van der Waals surface area contributed by atoms with Gasteiger partial charge >= 0.3 is 6.09 Å². The summed E-state index contributed by atoms with van der Waals surface area (Å²) >= 11 is 4.34. The van der Waals surface area contributed by atoms with Crippen molar-refractivity contribution in [3.05, 3.63) is 35.4 Å². The largest absolute Gasteiger partial charge is 0.444 e. The van der Waals surface area contributed by atoms with Crippen LogP contribution < -0.4 is 10.6 Å². The molecule has 0 saturated carbocycles. The van der Waals surface area contributed by atoms with Gasteiger partial charge in [0.2, 0.25) is 11.8 Å². The average molecular weight is 532 g/mol. The lowest BCUT2D eigenvalue weighted by atomic mass is 10.00. The number of rotatable bonds is 14. The van der Waals surface area contributed by atoms with Crippen LogP contribution in [0.1, 0.15) is 97.2 Å². The van der Waals surface area contributed by atoms with E-state index in [1.807, 2.05) is 6.92 Å². The van der Waals surface area contributed by atoms with Gasteiger partial charge in [-0.25, -0.2) is 4.79 Å². The summed E-state index contributed by atoms with van der Waals surface area (Å²) in [6, 6.07) is 5.20. The maximum Gasteiger partial charge on any atom is 0.408 e. The van der Waals surface area contributed by atoms with E-state index in [9.17, 15) is 14.4 Å². The maximum absolute atomic E-state index is 13.9. The maximum atomic E-state index is 13.9. The van der Waals surface area contributed by atoms with Gasteiger partial charge in [0.1, 0.15) is 17.7 Å². The van der Waals surface area contributed by atoms with E-state index in [1.54, 1.807) is 49.9 Å². The number of hydrogen-bond donors (Lipinski definition) is 3. The summed E-state index contributed by atoms with van der Waals surface area (Å²) < 4.78 is 5.36. The molecule has 0 aliphatic rings. The molecule has 0 radical (unpaired) electrons. The molecule has 0 fully saturated rings. The molecule has 3 atom stereocenters. The summed E-state index contributed by atoms with van der Waals surface area (Å²) in [4.78, 5) is 41.6. The first-order valence-corrected chi connectivity index (χ1v) is 13.9. The highest BCUT2D eigenvalue weighted by atomic mass is 32.1. The van der Waals surface area contributed by atoms with Gasteiger partial charge in [-0.2, -0.15) is 12.6 Å². The van der Waals surface area contributed by atoms with Gasteiger partial charge < -0.3 is 20.3 Å². The standard InChI is InChI=1S/C29H45N3O4S/c1-8-11-12-13-19-32(27(34)24(20-37)31-28(35)36-29(5,6)7)25(26(33)30-21(4)14-9-2)23-17-15-22(10-3)16-18-23/h3,15-18,21,24-25,37H,8-9,11-14,19-20H2,1-2,4-7H3,(H,30,33)(H,31,35). The first-order chi connectivity index (χ1) is 17.5. The first-order valence-electron chi connectivity index (χ1n) is 13.2. The van der Waals surface area contributed by atoms with Gasteiger partial charge in [-0.3, -0.25) is 9.59 Å². The van der Waals surface area contributed by atoms with E-state index < -0.39 is 23.8 Å². The van der Waals surface area contributed by atoms with Crippen molar-refractivity contribution in [3.8, 4) is 12.3 Å². The number of alkyl carbamates (subject to hydrolysis) is 1. The summed E-state index contributed by atoms with van der Waals surface area (Å²) in [5.41, 5.74) is 0.618. The fraction of sp³-hybridized carbons (Fsp3) is 0.621. The predicted octanol–water partition coefficient (Wildman–Crippen LogP) is 5.25. The lowest BCUT2D eigenvalue weighted by Crippen LogP contribution is -2.54. The molecule has 0 spiro atoms. The molecule has 0 aromatic heterocycles. The van der Waals surface area contributed by atoms with Crippen molar-refractivity contribution in [2.75, 3.05) is 12.3 Å². The number of thiol groups is 1. The van der Waals surface area contributed by atoms with Crippen molar-refractivity contribution < 1.29 is 19.1 Å². The Morgan fingerprint density at radius 2 is 1.70 bits per heavy atom. The lowest BCUT2D eigenvalue weighted by molar-refractivity contribution is -0.142. The highest BCUT2D eigenvalue weighted by Crippen LogP contribution is 2.25. The van der Waals surface area contributed by atoms with Crippen LogP contribution in [0.2, 0.25) is 0 Å². The number of nitrogens with zero attached hydrogens (tertiary/aromatic N) is 1. The zero-order valence-electron chi connectivity index (χ0n) is 23.3. The van der Waals surface area contributed by atoms with Crippen LogP contribution in [0, 0.1) is 12.3 Å². The molecule has 2 N–H and O–H groups in total. The third-order valence-corrected chi connectivity index (χ3v) is 6.14. The first kappa shape index (κ1) is 32.4. The number of carbonyl (C=O) groups excluding carboxylic acids is 3. The molecule has 0 bridgehead atoms. The van der Waals surface area contributed by atoms with Crippen LogP contribution in [0.4, 0.5) is 4.79 Å². The van der Waals surface area contributed by atoms with Crippen molar-refractivity contribution in [2.24, 2.45) is 0 Å². The zero-order chi connectivity index (χ0) is 28.0. The van der Waals surface area contributed by atoms with Crippen LogP contribution in [0.3, 0.4) is 0 Å². The minimum absolute atomic E-state index is 0.0532. The van der Waals surface area contributed by atoms with E-state index in [0.717, 1.165) is 38.5 Å². The number of carbonyl (C=O) groups is 3. The van der Waals surface area contributed by atoms with Crippen molar-refractivity contribution >= 4 is 30.5 Å². The Hall–Kier alpha value is -2.66. The van der Waals surface area contributed by atoms with Gasteiger partial charge in [0.15, 0.2) is 0 Å². The molecule has 0 heterocycles. The Balaban J connectivity index is 3.42. The Bertz CT molecular complexity index is 905. The van der Waals surface area contributed by atoms with E-state index in [0.29, 0.717) is 17.7 Å². The van der Waals surface area contributed by atoms with Gasteiger partial charge in [0.25, 0.3) is 0 Å². The molecule has 206 valence electrons. The molecule has 0 aliphatic carbocycles. The lowest BCUT2D eigenvalue weighted by Gasteiger charge is -2.35. The van der Waals surface area contributed by atoms with Crippen LogP contribution >= 0.6 is 12.6 Å². The third-order valence-electron chi connectivity index (χ3n) is 5.77. The van der Waals surface area contributed by atoms with Gasteiger partial charge in [-0.05, 0) is 58.2 Å². The molecule has 0 saturated heterocycles. The second-order valence-corrected chi connectivity index (χ2v) is 10.7. The molecule has 3 unspecified atom stereocenters. The van der Waals surface area contributed by atoms with Crippen molar-refractivity contribution in [1.29, 1.82) is 0 Å². The molecule has 37 heavy (non-hydrogen) atoms. The van der Waals surface area contributed by atoms with Crippen molar-refractivity contribution in [3.63, 3.8) is 0 Å². The molecule has 8 heteroatoms. The Morgan fingerprint density at radius 1 is 1.05 bits per heavy atom. The van der Waals surface area contributed by atoms with Gasteiger partial charge in [0.05, 0.1) is 0 Å². The van der Waals surface area contributed by atoms with Gasteiger partial charge in [-0.15, -0.1) is 6.42 Å². The number of unbranched alkanes of at least 4 members (excludes halogenated alkanes) is 3. The highest BCUT2D eigenvalue weighted by molar-refractivity contribution is 7.80. The SMILES string of the molecule is C#Cc1ccc(C(C(=O)NC(C)CCC)N(CCCCCC)C(=O)C(CS)NC(=O)OC(C)(C)C)cc1. The van der Waals surface area contributed by atoms with Crippen LogP contribution in [0.25, 0.3) is 0 Å². The topological polar surface area (TPSA) is 87.7 Å². The third kappa shape index (κ3) is 11.5. The predicted molar refractivity (Wildman–Crippen MR) is 152 cm³/mol. The summed E-state index contributed by atoms with van der Waals surface area (Å²) in [7, 11) is 0. The quantitative estimate of drug-likeness (QED) is 0.174. The Morgan fingerprint density at radius 3 is 2.22 bits per heavy atom. The van der Waals surface area contributed by atoms with Crippen LogP contribution in [0.15, 0.2) is 24.3 Å². The molecule has 7 nitrogen and oxygen atoms in total. The van der Waals surface area contributed by atoms with Gasteiger partial charge in [-0.1, -0.05) is 57.6 Å². The molecular formula is C29H45N3O4S.